The minimum absolute atomic E-state index is 0.257. The zero-order valence-electron chi connectivity index (χ0n) is 9.54. The van der Waals surface area contributed by atoms with Crippen LogP contribution in [0.15, 0.2) is 44.8 Å². The van der Waals surface area contributed by atoms with Crippen molar-refractivity contribution in [3.05, 3.63) is 51.7 Å². The zero-order chi connectivity index (χ0) is 12.5. The molecule has 1 aliphatic heterocycles. The maximum atomic E-state index is 11.6. The normalized spacial score (nSPS) is 17.1. The minimum Gasteiger partial charge on any atom is -0.462 e. The Bertz CT molecular complexity index is 650. The number of nitrogens with zero attached hydrogens (tertiary/aromatic N) is 1. The van der Waals surface area contributed by atoms with E-state index in [0.29, 0.717) is 11.7 Å². The van der Waals surface area contributed by atoms with Gasteiger partial charge in [-0.15, -0.1) is 11.3 Å². The second kappa shape index (κ2) is 4.27. The van der Waals surface area contributed by atoms with Crippen molar-refractivity contribution in [3.8, 4) is 0 Å². The van der Waals surface area contributed by atoms with Crippen molar-refractivity contribution in [2.75, 3.05) is 0 Å². The summed E-state index contributed by atoms with van der Waals surface area (Å²) in [7, 11) is 0. The monoisotopic (exact) mass is 259 g/mol. The Hall–Kier alpha value is -2.14. The Balaban J connectivity index is 1.94. The number of rotatable bonds is 2. The fourth-order valence-electron chi connectivity index (χ4n) is 1.58. The van der Waals surface area contributed by atoms with Gasteiger partial charge >= 0.3 is 5.97 Å². The van der Waals surface area contributed by atoms with Crippen LogP contribution in [0.4, 0.5) is 0 Å². The highest BCUT2D eigenvalue weighted by Gasteiger charge is 2.24. The summed E-state index contributed by atoms with van der Waals surface area (Å²) in [6.07, 6.45) is 1.58. The lowest BCUT2D eigenvalue weighted by Crippen LogP contribution is -2.03. The van der Waals surface area contributed by atoms with Gasteiger partial charge < -0.3 is 9.15 Å². The molecule has 3 heterocycles. The van der Waals surface area contributed by atoms with Crippen molar-refractivity contribution in [3.63, 3.8) is 0 Å². The first kappa shape index (κ1) is 11.0. The van der Waals surface area contributed by atoms with Crippen LogP contribution in [-0.4, -0.2) is 11.9 Å². The number of aryl methyl sites for hydroxylation is 1. The van der Waals surface area contributed by atoms with E-state index in [2.05, 4.69) is 4.99 Å². The molecule has 0 saturated carbocycles. The number of thiophene rings is 1. The number of esters is 1. The molecular weight excluding hydrogens is 250 g/mol. The Kier molecular flexibility index (Phi) is 2.60. The molecule has 0 unspecified atom stereocenters. The summed E-state index contributed by atoms with van der Waals surface area (Å²) in [6, 6.07) is 7.36. The predicted octanol–water partition coefficient (Wildman–Crippen LogP) is 2.99. The van der Waals surface area contributed by atoms with E-state index in [1.54, 1.807) is 12.1 Å². The first-order valence-corrected chi connectivity index (χ1v) is 6.23. The number of ether oxygens (including phenoxy) is 1. The molecule has 2 aromatic heterocycles. The van der Waals surface area contributed by atoms with Crippen molar-refractivity contribution < 1.29 is 13.9 Å². The number of hydrogen-bond donors (Lipinski definition) is 0. The number of carbonyl (C=O) groups is 1. The van der Waals surface area contributed by atoms with Crippen LogP contribution < -0.4 is 0 Å². The zero-order valence-corrected chi connectivity index (χ0v) is 10.4. The van der Waals surface area contributed by atoms with E-state index in [9.17, 15) is 4.79 Å². The molecule has 0 amide bonds. The van der Waals surface area contributed by atoms with Crippen molar-refractivity contribution in [2.45, 2.75) is 6.92 Å². The highest BCUT2D eigenvalue weighted by molar-refractivity contribution is 7.12. The SMILES string of the molecule is Cc1ccc(/C=C2\N=C(c3cccs3)OC2=O)o1. The summed E-state index contributed by atoms with van der Waals surface area (Å²) in [5, 5.41) is 1.91. The molecular formula is C13H9NO3S. The smallest absolute Gasteiger partial charge is 0.363 e. The van der Waals surface area contributed by atoms with Gasteiger partial charge in [0.15, 0.2) is 5.70 Å². The molecule has 0 N–H and O–H groups in total. The van der Waals surface area contributed by atoms with Crippen molar-refractivity contribution in [1.29, 1.82) is 0 Å². The van der Waals surface area contributed by atoms with Crippen LogP contribution >= 0.6 is 11.3 Å². The van der Waals surface area contributed by atoms with Crippen molar-refractivity contribution >= 4 is 29.3 Å². The first-order chi connectivity index (χ1) is 8.72. The van der Waals surface area contributed by atoms with E-state index in [0.717, 1.165) is 10.6 Å². The van der Waals surface area contributed by atoms with Gasteiger partial charge in [-0.3, -0.25) is 0 Å². The minimum atomic E-state index is -0.451. The Morgan fingerprint density at radius 2 is 2.22 bits per heavy atom. The van der Waals surface area contributed by atoms with E-state index in [1.807, 2.05) is 30.5 Å². The largest absolute Gasteiger partial charge is 0.462 e. The first-order valence-electron chi connectivity index (χ1n) is 5.35. The van der Waals surface area contributed by atoms with E-state index in [4.69, 9.17) is 9.15 Å². The Morgan fingerprint density at radius 3 is 2.89 bits per heavy atom. The van der Waals surface area contributed by atoms with Gasteiger partial charge in [0.1, 0.15) is 11.5 Å². The van der Waals surface area contributed by atoms with Gasteiger partial charge in [-0.1, -0.05) is 6.07 Å². The van der Waals surface area contributed by atoms with E-state index in [1.165, 1.54) is 11.3 Å². The molecule has 0 fully saturated rings. The quantitative estimate of drug-likeness (QED) is 0.615. The maximum absolute atomic E-state index is 11.6. The van der Waals surface area contributed by atoms with E-state index in [-0.39, 0.29) is 5.70 Å². The maximum Gasteiger partial charge on any atom is 0.363 e. The lowest BCUT2D eigenvalue weighted by molar-refractivity contribution is -0.129. The summed E-state index contributed by atoms with van der Waals surface area (Å²) in [5.41, 5.74) is 0.257. The highest BCUT2D eigenvalue weighted by atomic mass is 32.1. The average molecular weight is 259 g/mol. The molecule has 0 bridgehead atoms. The van der Waals surface area contributed by atoms with Gasteiger partial charge in [-0.05, 0) is 30.5 Å². The molecule has 0 aliphatic carbocycles. The topological polar surface area (TPSA) is 51.8 Å². The van der Waals surface area contributed by atoms with E-state index < -0.39 is 5.97 Å². The standard InChI is InChI=1S/C13H9NO3S/c1-8-4-5-9(16-8)7-10-13(15)17-12(14-10)11-3-2-6-18-11/h2-7H,1H3/b10-7-. The third-order valence-electron chi connectivity index (χ3n) is 2.39. The lowest BCUT2D eigenvalue weighted by Gasteiger charge is -1.92. The van der Waals surface area contributed by atoms with E-state index >= 15 is 0 Å². The van der Waals surface area contributed by atoms with Crippen molar-refractivity contribution in [1.82, 2.24) is 0 Å². The molecule has 90 valence electrons. The second-order valence-corrected chi connectivity index (χ2v) is 4.71. The van der Waals surface area contributed by atoms with Gasteiger partial charge in [0.25, 0.3) is 0 Å². The second-order valence-electron chi connectivity index (χ2n) is 3.76. The number of carbonyl (C=O) groups excluding carboxylic acids is 1. The van der Waals surface area contributed by atoms with Crippen LogP contribution in [0.1, 0.15) is 16.4 Å². The molecule has 5 heteroatoms. The molecule has 4 nitrogen and oxygen atoms in total. The van der Waals surface area contributed by atoms with Crippen LogP contribution in [0, 0.1) is 6.92 Å². The summed E-state index contributed by atoms with van der Waals surface area (Å²) in [5.74, 6) is 1.28. The molecule has 0 aromatic carbocycles. The number of aliphatic imine (C=N–C) groups is 1. The molecule has 2 aromatic rings. The molecule has 1 aliphatic rings. The molecule has 0 atom stereocenters. The van der Waals surface area contributed by atoms with Gasteiger partial charge in [0.2, 0.25) is 5.90 Å². The highest BCUT2D eigenvalue weighted by Crippen LogP contribution is 2.21. The summed E-state index contributed by atoms with van der Waals surface area (Å²) >= 11 is 1.48. The number of furan rings is 1. The third-order valence-corrected chi connectivity index (χ3v) is 3.25. The van der Waals surface area contributed by atoms with Crippen LogP contribution in [0.2, 0.25) is 0 Å². The predicted molar refractivity (Wildman–Crippen MR) is 68.4 cm³/mol. The third kappa shape index (κ3) is 2.00. The summed E-state index contributed by atoms with van der Waals surface area (Å²) < 4.78 is 10.5. The number of hydrogen-bond acceptors (Lipinski definition) is 5. The van der Waals surface area contributed by atoms with Crippen LogP contribution in [0.5, 0.6) is 0 Å². The molecule has 3 rings (SSSR count). The fraction of sp³-hybridized carbons (Fsp3) is 0.0769. The van der Waals surface area contributed by atoms with Gasteiger partial charge in [-0.25, -0.2) is 9.79 Å². The molecule has 18 heavy (non-hydrogen) atoms. The molecule has 0 saturated heterocycles. The lowest BCUT2D eigenvalue weighted by atomic mass is 10.3. The summed E-state index contributed by atoms with van der Waals surface area (Å²) in [6.45, 7) is 1.84. The Morgan fingerprint density at radius 1 is 1.33 bits per heavy atom. The molecule has 0 radical (unpaired) electrons. The van der Waals surface area contributed by atoms with Gasteiger partial charge in [-0.2, -0.15) is 0 Å². The summed E-state index contributed by atoms with van der Waals surface area (Å²) in [4.78, 5) is 16.7. The van der Waals surface area contributed by atoms with Crippen LogP contribution in [0.3, 0.4) is 0 Å². The van der Waals surface area contributed by atoms with Gasteiger partial charge in [0.05, 0.1) is 4.88 Å². The molecule has 0 spiro atoms. The van der Waals surface area contributed by atoms with Crippen molar-refractivity contribution in [2.24, 2.45) is 4.99 Å². The van der Waals surface area contributed by atoms with Crippen LogP contribution in [0.25, 0.3) is 6.08 Å². The Labute approximate surface area is 107 Å². The van der Waals surface area contributed by atoms with Crippen LogP contribution in [-0.2, 0) is 9.53 Å². The van der Waals surface area contributed by atoms with Gasteiger partial charge in [0, 0.05) is 6.08 Å². The number of cyclic esters (lactones) is 1. The average Bonchev–Trinajstić information content (AvgIpc) is 3.02. The fourth-order valence-corrected chi connectivity index (χ4v) is 2.23.